The molecule has 2 amide bonds. The van der Waals surface area contributed by atoms with Crippen LogP contribution in [-0.2, 0) is 16.1 Å². The standard InChI is InChI=1S/C16H22FN3O2S/c1-2-3-13-8-14(21)20-16(19-13)23-10-15(22)18-9-11-4-6-12(17)7-5-11/h4-7,13,16,19H,2-3,8-10H2,1H3,(H,18,22)(H,20,21). The SMILES string of the molecule is CCCC1CC(=O)NC(SCC(=O)NCc2ccc(F)cc2)N1. The highest BCUT2D eigenvalue weighted by atomic mass is 32.2. The quantitative estimate of drug-likeness (QED) is 0.708. The number of halogens is 1. The van der Waals surface area contributed by atoms with Crippen LogP contribution in [0.3, 0.4) is 0 Å². The molecule has 5 nitrogen and oxygen atoms in total. The molecule has 0 bridgehead atoms. The van der Waals surface area contributed by atoms with E-state index in [1.54, 1.807) is 12.1 Å². The summed E-state index contributed by atoms with van der Waals surface area (Å²) in [6, 6.07) is 6.19. The zero-order valence-electron chi connectivity index (χ0n) is 13.1. The van der Waals surface area contributed by atoms with E-state index in [0.717, 1.165) is 18.4 Å². The van der Waals surface area contributed by atoms with Gasteiger partial charge >= 0.3 is 0 Å². The molecule has 1 aliphatic rings. The van der Waals surface area contributed by atoms with Crippen LogP contribution in [0.4, 0.5) is 4.39 Å². The van der Waals surface area contributed by atoms with E-state index in [1.165, 1.54) is 23.9 Å². The number of carbonyl (C=O) groups is 2. The summed E-state index contributed by atoms with van der Waals surface area (Å²) in [4.78, 5) is 23.5. The first-order valence-corrected chi connectivity index (χ1v) is 8.80. The van der Waals surface area contributed by atoms with Gasteiger partial charge in [0.15, 0.2) is 0 Å². The van der Waals surface area contributed by atoms with Crippen molar-refractivity contribution >= 4 is 23.6 Å². The summed E-state index contributed by atoms with van der Waals surface area (Å²) in [6.45, 7) is 2.45. The van der Waals surface area contributed by atoms with Crippen molar-refractivity contribution in [1.29, 1.82) is 0 Å². The summed E-state index contributed by atoms with van der Waals surface area (Å²) in [6.07, 6.45) is 2.45. The summed E-state index contributed by atoms with van der Waals surface area (Å²) < 4.78 is 12.8. The predicted octanol–water partition coefficient (Wildman–Crippen LogP) is 1.74. The van der Waals surface area contributed by atoms with E-state index in [4.69, 9.17) is 0 Å². The minimum Gasteiger partial charge on any atom is -0.351 e. The van der Waals surface area contributed by atoms with E-state index >= 15 is 0 Å². The first-order valence-electron chi connectivity index (χ1n) is 7.75. The van der Waals surface area contributed by atoms with Crippen molar-refractivity contribution < 1.29 is 14.0 Å². The third-order valence-corrected chi connectivity index (χ3v) is 4.55. The molecule has 2 atom stereocenters. The Balaban J connectivity index is 1.71. The van der Waals surface area contributed by atoms with Gasteiger partial charge in [0.25, 0.3) is 0 Å². The van der Waals surface area contributed by atoms with Crippen molar-refractivity contribution in [2.45, 2.75) is 44.3 Å². The van der Waals surface area contributed by atoms with Gasteiger partial charge in [-0.1, -0.05) is 25.5 Å². The molecule has 0 saturated carbocycles. The lowest BCUT2D eigenvalue weighted by Gasteiger charge is -2.30. The summed E-state index contributed by atoms with van der Waals surface area (Å²) in [5.74, 6) is -0.145. The molecular formula is C16H22FN3O2S. The number of hydrogen-bond donors (Lipinski definition) is 3. The molecule has 0 aromatic heterocycles. The van der Waals surface area contributed by atoms with Crippen LogP contribution >= 0.6 is 11.8 Å². The normalized spacial score (nSPS) is 20.9. The summed E-state index contributed by atoms with van der Waals surface area (Å²) >= 11 is 1.36. The number of rotatable bonds is 7. The molecule has 1 aliphatic heterocycles. The average Bonchev–Trinajstić information content (AvgIpc) is 2.52. The van der Waals surface area contributed by atoms with Crippen molar-refractivity contribution in [2.24, 2.45) is 0 Å². The number of amides is 2. The molecule has 0 radical (unpaired) electrons. The number of benzene rings is 1. The van der Waals surface area contributed by atoms with Crippen LogP contribution < -0.4 is 16.0 Å². The Morgan fingerprint density at radius 1 is 1.39 bits per heavy atom. The van der Waals surface area contributed by atoms with Gasteiger partial charge in [-0.3, -0.25) is 14.9 Å². The zero-order chi connectivity index (χ0) is 16.7. The maximum Gasteiger partial charge on any atom is 0.230 e. The fourth-order valence-corrected chi connectivity index (χ4v) is 3.30. The highest BCUT2D eigenvalue weighted by Gasteiger charge is 2.25. The lowest BCUT2D eigenvalue weighted by atomic mass is 10.1. The lowest BCUT2D eigenvalue weighted by Crippen LogP contribution is -2.55. The van der Waals surface area contributed by atoms with E-state index in [-0.39, 0.29) is 34.9 Å². The smallest absolute Gasteiger partial charge is 0.230 e. The fourth-order valence-electron chi connectivity index (χ4n) is 2.38. The van der Waals surface area contributed by atoms with Gasteiger partial charge in [-0.05, 0) is 24.1 Å². The van der Waals surface area contributed by atoms with Gasteiger partial charge in [-0.15, -0.1) is 11.8 Å². The number of nitrogens with one attached hydrogen (secondary N) is 3. The second kappa shape index (κ2) is 8.88. The Morgan fingerprint density at radius 2 is 2.13 bits per heavy atom. The monoisotopic (exact) mass is 339 g/mol. The van der Waals surface area contributed by atoms with Crippen LogP contribution in [0.5, 0.6) is 0 Å². The van der Waals surface area contributed by atoms with Crippen LogP contribution in [0.15, 0.2) is 24.3 Å². The highest BCUT2D eigenvalue weighted by molar-refractivity contribution is 8.00. The average molecular weight is 339 g/mol. The Bertz CT molecular complexity index is 539. The van der Waals surface area contributed by atoms with Crippen LogP contribution in [0, 0.1) is 5.82 Å². The molecular weight excluding hydrogens is 317 g/mol. The van der Waals surface area contributed by atoms with Crippen LogP contribution in [0.25, 0.3) is 0 Å². The van der Waals surface area contributed by atoms with E-state index < -0.39 is 0 Å². The van der Waals surface area contributed by atoms with E-state index in [9.17, 15) is 14.0 Å². The van der Waals surface area contributed by atoms with Crippen molar-refractivity contribution in [3.8, 4) is 0 Å². The van der Waals surface area contributed by atoms with Crippen molar-refractivity contribution in [3.05, 3.63) is 35.6 Å². The van der Waals surface area contributed by atoms with E-state index in [2.05, 4.69) is 22.9 Å². The Labute approximate surface area is 139 Å². The molecule has 2 rings (SSSR count). The Hall–Kier alpha value is -1.60. The van der Waals surface area contributed by atoms with Crippen LogP contribution in [0.2, 0.25) is 0 Å². The van der Waals surface area contributed by atoms with Crippen molar-refractivity contribution in [2.75, 3.05) is 5.75 Å². The topological polar surface area (TPSA) is 70.2 Å². The molecule has 1 fully saturated rings. The molecule has 1 saturated heterocycles. The molecule has 126 valence electrons. The maximum atomic E-state index is 12.8. The second-order valence-electron chi connectivity index (χ2n) is 5.52. The lowest BCUT2D eigenvalue weighted by molar-refractivity contribution is -0.123. The number of hydrogen-bond acceptors (Lipinski definition) is 4. The third-order valence-electron chi connectivity index (χ3n) is 3.53. The summed E-state index contributed by atoms with van der Waals surface area (Å²) in [5, 5.41) is 8.94. The molecule has 7 heteroatoms. The molecule has 1 heterocycles. The number of carbonyl (C=O) groups excluding carboxylic acids is 2. The number of thioether (sulfide) groups is 1. The zero-order valence-corrected chi connectivity index (χ0v) is 13.9. The van der Waals surface area contributed by atoms with Gasteiger partial charge in [0.05, 0.1) is 5.75 Å². The van der Waals surface area contributed by atoms with Gasteiger partial charge in [-0.25, -0.2) is 4.39 Å². The molecule has 3 N–H and O–H groups in total. The van der Waals surface area contributed by atoms with E-state index in [0.29, 0.717) is 13.0 Å². The summed E-state index contributed by atoms with van der Waals surface area (Å²) in [5.41, 5.74) is 0.612. The molecule has 23 heavy (non-hydrogen) atoms. The molecule has 0 spiro atoms. The molecule has 2 unspecified atom stereocenters. The summed E-state index contributed by atoms with van der Waals surface area (Å²) in [7, 11) is 0. The predicted molar refractivity (Wildman–Crippen MR) is 89.1 cm³/mol. The largest absolute Gasteiger partial charge is 0.351 e. The van der Waals surface area contributed by atoms with E-state index in [1.807, 2.05) is 0 Å². The Kier molecular flexibility index (Phi) is 6.85. The Morgan fingerprint density at radius 3 is 2.83 bits per heavy atom. The highest BCUT2D eigenvalue weighted by Crippen LogP contribution is 2.14. The third kappa shape index (κ3) is 6.19. The van der Waals surface area contributed by atoms with Crippen molar-refractivity contribution in [1.82, 2.24) is 16.0 Å². The van der Waals surface area contributed by atoms with Gasteiger partial charge in [0, 0.05) is 19.0 Å². The molecule has 0 aliphatic carbocycles. The van der Waals surface area contributed by atoms with Gasteiger partial charge in [-0.2, -0.15) is 0 Å². The van der Waals surface area contributed by atoms with Crippen molar-refractivity contribution in [3.63, 3.8) is 0 Å². The van der Waals surface area contributed by atoms with Crippen LogP contribution in [-0.4, -0.2) is 29.1 Å². The molecule has 1 aromatic rings. The van der Waals surface area contributed by atoms with Gasteiger partial charge in [0.2, 0.25) is 11.8 Å². The minimum absolute atomic E-state index is 0.0198. The van der Waals surface area contributed by atoms with Crippen LogP contribution in [0.1, 0.15) is 31.7 Å². The maximum absolute atomic E-state index is 12.8. The first-order chi connectivity index (χ1) is 11.1. The fraction of sp³-hybridized carbons (Fsp3) is 0.500. The molecule has 1 aromatic carbocycles. The first kappa shape index (κ1) is 17.7. The second-order valence-corrected chi connectivity index (χ2v) is 6.61. The van der Waals surface area contributed by atoms with Gasteiger partial charge < -0.3 is 10.6 Å². The van der Waals surface area contributed by atoms with Gasteiger partial charge in [0.1, 0.15) is 11.3 Å². The minimum atomic E-state index is -0.295.